The minimum absolute atomic E-state index is 0.424. The molecule has 0 fully saturated rings. The van der Waals surface area contributed by atoms with Crippen molar-refractivity contribution in [2.75, 3.05) is 0 Å². The average molecular weight is 234 g/mol. The molecule has 3 nitrogen and oxygen atoms in total. The fraction of sp³-hybridized carbons (Fsp3) is 0.357. The Balaban J connectivity index is 2.59. The minimum Gasteiger partial charge on any atom is -0.287 e. The molecule has 1 aromatic rings. The zero-order chi connectivity index (χ0) is 12.7. The van der Waals surface area contributed by atoms with Crippen LogP contribution < -0.4 is 4.89 Å². The van der Waals surface area contributed by atoms with E-state index < -0.39 is 5.97 Å². The molecule has 0 N–H and O–H groups in total. The van der Waals surface area contributed by atoms with Gasteiger partial charge in [-0.15, -0.1) is 0 Å². The third-order valence-electron chi connectivity index (χ3n) is 2.65. The number of hydrogen-bond donors (Lipinski definition) is 0. The van der Waals surface area contributed by atoms with E-state index in [0.717, 1.165) is 18.4 Å². The molecule has 17 heavy (non-hydrogen) atoms. The predicted molar refractivity (Wildman–Crippen MR) is 66.4 cm³/mol. The fourth-order valence-electron chi connectivity index (χ4n) is 1.55. The first kappa shape index (κ1) is 13.3. The molecule has 0 heterocycles. The van der Waals surface area contributed by atoms with Crippen molar-refractivity contribution in [3.05, 3.63) is 41.5 Å². The van der Waals surface area contributed by atoms with E-state index in [9.17, 15) is 4.79 Å². The Morgan fingerprint density at radius 1 is 1.12 bits per heavy atom. The van der Waals surface area contributed by atoms with Gasteiger partial charge >= 0.3 is 5.97 Å². The van der Waals surface area contributed by atoms with Gasteiger partial charge in [-0.1, -0.05) is 37.6 Å². The summed E-state index contributed by atoms with van der Waals surface area (Å²) in [4.78, 5) is 21.4. The Hall–Kier alpha value is -1.77. The monoisotopic (exact) mass is 234 g/mol. The Bertz CT molecular complexity index is 387. The Kier molecular flexibility index (Phi) is 5.27. The van der Waals surface area contributed by atoms with Gasteiger partial charge in [-0.25, -0.2) is 9.68 Å². The molecule has 0 amide bonds. The van der Waals surface area contributed by atoms with Gasteiger partial charge in [-0.2, -0.15) is 0 Å². The molecule has 0 atom stereocenters. The van der Waals surface area contributed by atoms with Crippen LogP contribution >= 0.6 is 0 Å². The zero-order valence-electron chi connectivity index (χ0n) is 10.5. The van der Waals surface area contributed by atoms with Crippen molar-refractivity contribution in [2.45, 2.75) is 33.6 Å². The van der Waals surface area contributed by atoms with E-state index in [2.05, 4.69) is 0 Å². The summed E-state index contributed by atoms with van der Waals surface area (Å²) in [6, 6.07) is 8.95. The van der Waals surface area contributed by atoms with Gasteiger partial charge in [0.15, 0.2) is 5.75 Å². The van der Waals surface area contributed by atoms with Gasteiger partial charge in [-0.05, 0) is 31.9 Å². The fourth-order valence-corrected chi connectivity index (χ4v) is 1.55. The molecule has 0 aliphatic carbocycles. The van der Waals surface area contributed by atoms with E-state index in [1.54, 1.807) is 19.1 Å². The second kappa shape index (κ2) is 6.74. The standard InChI is InChI=1S/C14H18O3/c1-4-12(5-2)11(3)14(15)17-16-13-9-7-6-8-10-13/h6-10H,4-5H2,1-3H3. The maximum Gasteiger partial charge on any atom is 0.381 e. The van der Waals surface area contributed by atoms with Crippen LogP contribution in [-0.2, 0) is 9.68 Å². The minimum atomic E-state index is -0.424. The lowest BCUT2D eigenvalue weighted by Gasteiger charge is -2.07. The van der Waals surface area contributed by atoms with Crippen LogP contribution in [0.5, 0.6) is 5.75 Å². The summed E-state index contributed by atoms with van der Waals surface area (Å²) < 4.78 is 0. The molecule has 92 valence electrons. The van der Waals surface area contributed by atoms with Gasteiger partial charge in [0.2, 0.25) is 0 Å². The van der Waals surface area contributed by atoms with E-state index in [1.807, 2.05) is 32.0 Å². The van der Waals surface area contributed by atoms with Crippen LogP contribution in [0.15, 0.2) is 41.5 Å². The van der Waals surface area contributed by atoms with Crippen molar-refractivity contribution in [1.29, 1.82) is 0 Å². The summed E-state index contributed by atoms with van der Waals surface area (Å²) in [6.07, 6.45) is 1.70. The van der Waals surface area contributed by atoms with Crippen molar-refractivity contribution in [2.24, 2.45) is 0 Å². The predicted octanol–water partition coefficient (Wildman–Crippen LogP) is 3.66. The maximum absolute atomic E-state index is 11.7. The number of carbonyl (C=O) groups is 1. The van der Waals surface area contributed by atoms with Crippen LogP contribution in [0.2, 0.25) is 0 Å². The number of benzene rings is 1. The van der Waals surface area contributed by atoms with Crippen molar-refractivity contribution >= 4 is 5.97 Å². The number of allylic oxidation sites excluding steroid dienone is 1. The number of rotatable bonds is 5. The zero-order valence-corrected chi connectivity index (χ0v) is 10.5. The molecule has 0 unspecified atom stereocenters. The lowest BCUT2D eigenvalue weighted by atomic mass is 10.1. The molecule has 0 bridgehead atoms. The molecule has 0 radical (unpaired) electrons. The molecule has 0 aromatic heterocycles. The van der Waals surface area contributed by atoms with Gasteiger partial charge in [0.05, 0.1) is 0 Å². The topological polar surface area (TPSA) is 35.5 Å². The van der Waals surface area contributed by atoms with Gasteiger partial charge in [-0.3, -0.25) is 4.89 Å². The van der Waals surface area contributed by atoms with E-state index in [4.69, 9.17) is 9.78 Å². The third kappa shape index (κ3) is 3.94. The molecule has 0 aliphatic rings. The Labute approximate surface area is 102 Å². The first-order valence-corrected chi connectivity index (χ1v) is 5.81. The summed E-state index contributed by atoms with van der Waals surface area (Å²) in [7, 11) is 0. The lowest BCUT2D eigenvalue weighted by molar-refractivity contribution is -0.208. The van der Waals surface area contributed by atoms with Gasteiger partial charge in [0, 0.05) is 5.57 Å². The van der Waals surface area contributed by atoms with Crippen molar-refractivity contribution in [3.63, 3.8) is 0 Å². The van der Waals surface area contributed by atoms with Crippen molar-refractivity contribution < 1.29 is 14.6 Å². The van der Waals surface area contributed by atoms with Crippen LogP contribution in [0, 0.1) is 0 Å². The normalized spacial score (nSPS) is 9.59. The largest absolute Gasteiger partial charge is 0.381 e. The number of carbonyl (C=O) groups excluding carboxylic acids is 1. The van der Waals surface area contributed by atoms with E-state index in [0.29, 0.717) is 11.3 Å². The second-order valence-corrected chi connectivity index (χ2v) is 3.70. The lowest BCUT2D eigenvalue weighted by Crippen LogP contribution is -2.10. The highest BCUT2D eigenvalue weighted by molar-refractivity contribution is 5.88. The van der Waals surface area contributed by atoms with E-state index >= 15 is 0 Å². The Morgan fingerprint density at radius 3 is 2.24 bits per heavy atom. The summed E-state index contributed by atoms with van der Waals surface area (Å²) in [5.41, 5.74) is 1.72. The van der Waals surface area contributed by atoms with Crippen molar-refractivity contribution in [3.8, 4) is 5.75 Å². The molecule has 1 rings (SSSR count). The first-order chi connectivity index (χ1) is 8.19. The van der Waals surface area contributed by atoms with Crippen molar-refractivity contribution in [1.82, 2.24) is 0 Å². The second-order valence-electron chi connectivity index (χ2n) is 3.70. The summed E-state index contributed by atoms with van der Waals surface area (Å²) >= 11 is 0. The number of para-hydroxylation sites is 1. The molecular weight excluding hydrogens is 216 g/mol. The quantitative estimate of drug-likeness (QED) is 0.443. The van der Waals surface area contributed by atoms with E-state index in [1.165, 1.54) is 0 Å². The molecule has 0 aliphatic heterocycles. The molecule has 0 spiro atoms. The molecule has 1 aromatic carbocycles. The smallest absolute Gasteiger partial charge is 0.287 e. The van der Waals surface area contributed by atoms with Crippen LogP contribution in [0.3, 0.4) is 0 Å². The highest BCUT2D eigenvalue weighted by atomic mass is 17.2. The van der Waals surface area contributed by atoms with Crippen LogP contribution in [0.25, 0.3) is 0 Å². The maximum atomic E-state index is 11.7. The molecule has 0 saturated carbocycles. The van der Waals surface area contributed by atoms with Crippen LogP contribution in [-0.4, -0.2) is 5.97 Å². The van der Waals surface area contributed by atoms with E-state index in [-0.39, 0.29) is 0 Å². The highest BCUT2D eigenvalue weighted by Gasteiger charge is 2.11. The first-order valence-electron chi connectivity index (χ1n) is 5.81. The molecule has 3 heteroatoms. The van der Waals surface area contributed by atoms with Crippen LogP contribution in [0.1, 0.15) is 33.6 Å². The van der Waals surface area contributed by atoms with Gasteiger partial charge in [0.25, 0.3) is 0 Å². The third-order valence-corrected chi connectivity index (χ3v) is 2.65. The Morgan fingerprint density at radius 2 is 1.71 bits per heavy atom. The highest BCUT2D eigenvalue weighted by Crippen LogP contribution is 2.15. The number of hydrogen-bond acceptors (Lipinski definition) is 3. The SMILES string of the molecule is CCC(CC)=C(C)C(=O)OOc1ccccc1. The van der Waals surface area contributed by atoms with Crippen LogP contribution in [0.4, 0.5) is 0 Å². The average Bonchev–Trinajstić information content (AvgIpc) is 2.38. The summed E-state index contributed by atoms with van der Waals surface area (Å²) in [5, 5.41) is 0. The molecular formula is C14H18O3. The molecule has 0 saturated heterocycles. The van der Waals surface area contributed by atoms with Gasteiger partial charge < -0.3 is 0 Å². The van der Waals surface area contributed by atoms with Gasteiger partial charge in [0.1, 0.15) is 0 Å². The summed E-state index contributed by atoms with van der Waals surface area (Å²) in [5.74, 6) is 0.0933. The summed E-state index contributed by atoms with van der Waals surface area (Å²) in [6.45, 7) is 5.81.